The maximum atomic E-state index is 2.59. The molecule has 0 radical (unpaired) electrons. The number of hydrogen-bond donors (Lipinski definition) is 0. The van der Waals surface area contributed by atoms with Gasteiger partial charge in [0.1, 0.15) is 0 Å². The molecule has 0 aromatic heterocycles. The molecule has 0 N–H and O–H groups in total. The highest BCUT2D eigenvalue weighted by atomic mass is 15.1. The molecule has 20 rings (SSSR count). The maximum absolute atomic E-state index is 2.59. The van der Waals surface area contributed by atoms with Crippen LogP contribution in [0.5, 0.6) is 0 Å². The molecule has 0 bridgehead atoms. The number of fused-ring (bicyclic) bond motifs is 18. The molecule has 2 heteroatoms. The van der Waals surface area contributed by atoms with Crippen LogP contribution in [-0.2, 0) is 16.2 Å². The lowest BCUT2D eigenvalue weighted by Gasteiger charge is -2.46. The Kier molecular flexibility index (Phi) is 12.0. The van der Waals surface area contributed by atoms with Gasteiger partial charge in [0.2, 0.25) is 0 Å². The fourth-order valence-electron chi connectivity index (χ4n) is 18.9. The highest BCUT2D eigenvalue weighted by Gasteiger charge is 2.54. The van der Waals surface area contributed by atoms with Gasteiger partial charge in [-0.15, -0.1) is 0 Å². The van der Waals surface area contributed by atoms with Crippen LogP contribution in [0.15, 0.2) is 352 Å². The lowest BCUT2D eigenvalue weighted by atomic mass is 9.60. The summed E-state index contributed by atoms with van der Waals surface area (Å²) >= 11 is 0. The van der Waals surface area contributed by atoms with Gasteiger partial charge in [-0.3, -0.25) is 0 Å². The molecule has 0 unspecified atom stereocenters. The van der Waals surface area contributed by atoms with E-state index in [1.165, 1.54) is 177 Å². The summed E-state index contributed by atoms with van der Waals surface area (Å²) in [6, 6.07) is 134. The SMILES string of the molecule is CN1c2ccccc2C(c2ccccc2)(c2ccccc2)c2c(-c3cccc4c(-c5cccc6c5-c5c(ccc7ccccc57)C65c6ccccc6-c6ccccc65)c5cccc(-c6cccc7c6C(c6ccccc6)(c6ccccc6)c6ccccc6N7C)c5cc34)cccc21. The van der Waals surface area contributed by atoms with Crippen LogP contribution in [0.2, 0.25) is 0 Å². The van der Waals surface area contributed by atoms with Crippen LogP contribution in [0.4, 0.5) is 22.7 Å². The van der Waals surface area contributed by atoms with Crippen molar-refractivity contribution in [3.63, 3.8) is 0 Å². The molecule has 0 saturated carbocycles. The Morgan fingerprint density at radius 3 is 1.03 bits per heavy atom. The molecule has 2 nitrogen and oxygen atoms in total. The minimum Gasteiger partial charge on any atom is -0.344 e. The van der Waals surface area contributed by atoms with Crippen molar-refractivity contribution in [3.05, 3.63) is 419 Å². The first-order valence-electron chi connectivity index (χ1n) is 34.0. The predicted molar refractivity (Wildman–Crippen MR) is 404 cm³/mol. The zero-order valence-electron chi connectivity index (χ0n) is 53.9. The van der Waals surface area contributed by atoms with E-state index in [2.05, 4.69) is 376 Å². The maximum Gasteiger partial charge on any atom is 0.0748 e. The summed E-state index contributed by atoms with van der Waals surface area (Å²) in [6.07, 6.45) is 0. The van der Waals surface area contributed by atoms with Gasteiger partial charge in [-0.1, -0.05) is 322 Å². The molecule has 16 aromatic carbocycles. The summed E-state index contributed by atoms with van der Waals surface area (Å²) in [5, 5.41) is 7.26. The lowest BCUT2D eigenvalue weighted by Crippen LogP contribution is -2.38. The first kappa shape index (κ1) is 55.4. The summed E-state index contributed by atoms with van der Waals surface area (Å²) < 4.78 is 0. The van der Waals surface area contributed by atoms with Crippen molar-refractivity contribution in [1.82, 2.24) is 0 Å². The van der Waals surface area contributed by atoms with Gasteiger partial charge in [0.05, 0.1) is 16.2 Å². The van der Waals surface area contributed by atoms with Crippen LogP contribution in [0, 0.1) is 0 Å². The van der Waals surface area contributed by atoms with Crippen LogP contribution in [0.1, 0.15) is 66.8 Å². The van der Waals surface area contributed by atoms with Gasteiger partial charge in [0, 0.05) is 48.0 Å². The predicted octanol–water partition coefficient (Wildman–Crippen LogP) is 23.4. The van der Waals surface area contributed by atoms with E-state index in [1.54, 1.807) is 0 Å². The molecule has 2 aliphatic carbocycles. The van der Waals surface area contributed by atoms with Crippen molar-refractivity contribution >= 4 is 55.1 Å². The van der Waals surface area contributed by atoms with Crippen molar-refractivity contribution in [2.24, 2.45) is 0 Å². The number of benzene rings is 16. The Hall–Kier alpha value is -12.1. The molecule has 454 valence electrons. The van der Waals surface area contributed by atoms with Gasteiger partial charge in [-0.2, -0.15) is 0 Å². The van der Waals surface area contributed by atoms with Crippen molar-refractivity contribution in [2.75, 3.05) is 23.9 Å². The zero-order valence-corrected chi connectivity index (χ0v) is 53.9. The normalized spacial score (nSPS) is 14.5. The molecule has 16 aromatic rings. The standard InChI is InChI=1S/C95H64N2/c1-96-84-54-23-21-51-80(84)93(62-31-7-3-8-32-62,63-33-9-4-10-34-63)91-73(46-28-56-86(91)96)67-42-25-44-71-76(67)60-77-68(74-47-29-57-87-92(74)94(64-35-11-5-12-36-64,65-37-13-6-14-38-65)81-52-22-24-55-85(81)97(87)2)43-26-45-72(77)88(71)75-48-27-53-82-90(75)89-66-39-16-15-30-61(66)58-59-83(89)95(82)78-49-19-17-40-69(78)70-41-18-20-50-79(70)95/h3-60H,1-2H3. The van der Waals surface area contributed by atoms with Gasteiger partial charge in [0.15, 0.2) is 0 Å². The monoisotopic (exact) mass is 1230 g/mol. The largest absolute Gasteiger partial charge is 0.344 e. The number of para-hydroxylation sites is 2. The highest BCUT2D eigenvalue weighted by Crippen LogP contribution is 2.67. The molecule has 0 amide bonds. The van der Waals surface area contributed by atoms with Crippen molar-refractivity contribution in [1.29, 1.82) is 0 Å². The molecule has 4 aliphatic rings. The number of rotatable bonds is 7. The van der Waals surface area contributed by atoms with E-state index in [4.69, 9.17) is 0 Å². The summed E-state index contributed by atoms with van der Waals surface area (Å²) in [7, 11) is 4.52. The zero-order chi connectivity index (χ0) is 64.1. The van der Waals surface area contributed by atoms with E-state index < -0.39 is 16.2 Å². The fraction of sp³-hybridized carbons (Fsp3) is 0.0526. The Balaban J connectivity index is 0.963. The molecule has 0 atom stereocenters. The Bertz CT molecular complexity index is 5560. The highest BCUT2D eigenvalue weighted by molar-refractivity contribution is 6.23. The number of anilines is 4. The van der Waals surface area contributed by atoms with E-state index in [9.17, 15) is 0 Å². The van der Waals surface area contributed by atoms with Crippen molar-refractivity contribution < 1.29 is 0 Å². The first-order valence-corrected chi connectivity index (χ1v) is 34.0. The Morgan fingerprint density at radius 1 is 0.196 bits per heavy atom. The minimum absolute atomic E-state index is 0.581. The van der Waals surface area contributed by atoms with Crippen LogP contribution in [0.25, 0.3) is 88.0 Å². The lowest BCUT2D eigenvalue weighted by molar-refractivity contribution is 0.729. The van der Waals surface area contributed by atoms with E-state index >= 15 is 0 Å². The van der Waals surface area contributed by atoms with Crippen molar-refractivity contribution in [2.45, 2.75) is 16.2 Å². The second kappa shape index (κ2) is 20.9. The van der Waals surface area contributed by atoms with E-state index in [1.807, 2.05) is 0 Å². The summed E-state index contributed by atoms with van der Waals surface area (Å²) in [6.45, 7) is 0. The van der Waals surface area contributed by atoms with Crippen LogP contribution in [-0.4, -0.2) is 14.1 Å². The molecule has 0 fully saturated rings. The quantitative estimate of drug-likeness (QED) is 0.147. The first-order chi connectivity index (χ1) is 48.0. The summed E-state index contributed by atoms with van der Waals surface area (Å²) in [5.41, 5.74) is 30.3. The Morgan fingerprint density at radius 2 is 0.536 bits per heavy atom. The third-order valence-corrected chi connectivity index (χ3v) is 22.6. The van der Waals surface area contributed by atoms with E-state index in [0.29, 0.717) is 0 Å². The average Bonchev–Trinajstić information content (AvgIpc) is 1.58. The second-order valence-corrected chi connectivity index (χ2v) is 26.8. The minimum atomic E-state index is -0.721. The third-order valence-electron chi connectivity index (χ3n) is 22.6. The molecule has 0 saturated heterocycles. The molecular formula is C95H64N2. The van der Waals surface area contributed by atoms with Crippen LogP contribution >= 0.6 is 0 Å². The Labute approximate surface area is 565 Å². The van der Waals surface area contributed by atoms with Gasteiger partial charge in [-0.05, 0) is 174 Å². The summed E-state index contributed by atoms with van der Waals surface area (Å²) in [5.74, 6) is 0. The fourth-order valence-corrected chi connectivity index (χ4v) is 18.9. The van der Waals surface area contributed by atoms with E-state index in [-0.39, 0.29) is 0 Å². The van der Waals surface area contributed by atoms with Gasteiger partial charge in [0.25, 0.3) is 0 Å². The van der Waals surface area contributed by atoms with Gasteiger partial charge in [-0.25, -0.2) is 0 Å². The molecule has 1 spiro atoms. The second-order valence-electron chi connectivity index (χ2n) is 26.8. The smallest absolute Gasteiger partial charge is 0.0748 e. The van der Waals surface area contributed by atoms with Crippen LogP contribution < -0.4 is 9.80 Å². The summed E-state index contributed by atoms with van der Waals surface area (Å²) in [4.78, 5) is 4.87. The van der Waals surface area contributed by atoms with Gasteiger partial charge < -0.3 is 9.80 Å². The van der Waals surface area contributed by atoms with Crippen molar-refractivity contribution in [3.8, 4) is 55.6 Å². The van der Waals surface area contributed by atoms with E-state index in [0.717, 1.165) is 0 Å². The molecule has 97 heavy (non-hydrogen) atoms. The average molecular weight is 1230 g/mol. The molecule has 2 heterocycles. The molecule has 2 aliphatic heterocycles. The molecular weight excluding hydrogens is 1170 g/mol. The number of hydrogen-bond acceptors (Lipinski definition) is 2. The topological polar surface area (TPSA) is 6.48 Å². The van der Waals surface area contributed by atoms with Crippen LogP contribution in [0.3, 0.4) is 0 Å². The number of nitrogens with zero attached hydrogens (tertiary/aromatic N) is 2. The van der Waals surface area contributed by atoms with Gasteiger partial charge >= 0.3 is 0 Å². The third kappa shape index (κ3) is 7.29.